The molecule has 0 radical (unpaired) electrons. The number of hydrogen-bond acceptors (Lipinski definition) is 2. The van der Waals surface area contributed by atoms with Crippen molar-refractivity contribution in [1.82, 2.24) is 5.32 Å². The molecule has 1 aliphatic rings. The van der Waals surface area contributed by atoms with E-state index in [1.807, 2.05) is 6.92 Å². The van der Waals surface area contributed by atoms with Gasteiger partial charge in [-0.1, -0.05) is 20.8 Å². The van der Waals surface area contributed by atoms with Crippen molar-refractivity contribution < 1.29 is 14.7 Å². The summed E-state index contributed by atoms with van der Waals surface area (Å²) in [7, 11) is 0. The predicted molar refractivity (Wildman–Crippen MR) is 51.7 cm³/mol. The lowest BCUT2D eigenvalue weighted by Crippen LogP contribution is -2.46. The van der Waals surface area contributed by atoms with Gasteiger partial charge in [0.25, 0.3) is 0 Å². The number of amides is 1. The van der Waals surface area contributed by atoms with Gasteiger partial charge in [0.05, 0.1) is 0 Å². The Labute approximate surface area is 83.7 Å². The first-order valence-electron chi connectivity index (χ1n) is 4.90. The number of carboxylic acid groups (broad SMARTS) is 1. The molecule has 1 rings (SSSR count). The molecule has 4 nitrogen and oxygen atoms in total. The van der Waals surface area contributed by atoms with Gasteiger partial charge in [-0.25, -0.2) is 4.79 Å². The first-order valence-corrected chi connectivity index (χ1v) is 4.90. The SMILES string of the molecule is CC(C)C(NC(=O)C1(C)CC1)C(=O)O. The van der Waals surface area contributed by atoms with E-state index < -0.39 is 12.0 Å². The van der Waals surface area contributed by atoms with Crippen LogP contribution in [0.2, 0.25) is 0 Å². The lowest BCUT2D eigenvalue weighted by Gasteiger charge is -2.20. The third kappa shape index (κ3) is 2.25. The van der Waals surface area contributed by atoms with E-state index in [1.165, 1.54) is 0 Å². The van der Waals surface area contributed by atoms with E-state index in [9.17, 15) is 9.59 Å². The quantitative estimate of drug-likeness (QED) is 0.710. The predicted octanol–water partition coefficient (Wildman–Crippen LogP) is 1.01. The lowest BCUT2D eigenvalue weighted by molar-refractivity contribution is -0.143. The second-order valence-electron chi connectivity index (χ2n) is 4.59. The molecular formula is C10H17NO3. The molecule has 0 aromatic rings. The minimum absolute atomic E-state index is 0.0844. The molecule has 0 aromatic carbocycles. The average Bonchev–Trinajstić information content (AvgIpc) is 2.79. The summed E-state index contributed by atoms with van der Waals surface area (Å²) in [5.41, 5.74) is -0.303. The fraction of sp³-hybridized carbons (Fsp3) is 0.800. The molecule has 14 heavy (non-hydrogen) atoms. The van der Waals surface area contributed by atoms with Crippen molar-refractivity contribution in [3.05, 3.63) is 0 Å². The molecule has 0 bridgehead atoms. The maximum Gasteiger partial charge on any atom is 0.326 e. The van der Waals surface area contributed by atoms with Crippen molar-refractivity contribution in [2.45, 2.75) is 39.7 Å². The third-order valence-electron chi connectivity index (χ3n) is 2.77. The van der Waals surface area contributed by atoms with Crippen molar-refractivity contribution in [2.75, 3.05) is 0 Å². The summed E-state index contributed by atoms with van der Waals surface area (Å²) < 4.78 is 0. The molecular weight excluding hydrogens is 182 g/mol. The topological polar surface area (TPSA) is 66.4 Å². The van der Waals surface area contributed by atoms with Crippen molar-refractivity contribution in [2.24, 2.45) is 11.3 Å². The maximum absolute atomic E-state index is 11.6. The van der Waals surface area contributed by atoms with Crippen LogP contribution in [0.15, 0.2) is 0 Å². The molecule has 1 aliphatic carbocycles. The molecule has 1 fully saturated rings. The molecule has 80 valence electrons. The smallest absolute Gasteiger partial charge is 0.326 e. The Bertz CT molecular complexity index is 256. The number of carboxylic acids is 1. The summed E-state index contributed by atoms with van der Waals surface area (Å²) in [6.45, 7) is 5.43. The lowest BCUT2D eigenvalue weighted by atomic mass is 10.0. The minimum Gasteiger partial charge on any atom is -0.480 e. The number of carbonyl (C=O) groups excluding carboxylic acids is 1. The van der Waals surface area contributed by atoms with Gasteiger partial charge in [-0.2, -0.15) is 0 Å². The van der Waals surface area contributed by atoms with Crippen molar-refractivity contribution in [3.63, 3.8) is 0 Å². The molecule has 4 heteroatoms. The summed E-state index contributed by atoms with van der Waals surface area (Å²) in [4.78, 5) is 22.4. The molecule has 0 saturated heterocycles. The maximum atomic E-state index is 11.6. The van der Waals surface area contributed by atoms with Gasteiger partial charge in [-0.15, -0.1) is 0 Å². The monoisotopic (exact) mass is 199 g/mol. The van der Waals surface area contributed by atoms with Crippen LogP contribution in [0.3, 0.4) is 0 Å². The first kappa shape index (κ1) is 11.0. The Morgan fingerprint density at radius 2 is 1.86 bits per heavy atom. The number of nitrogens with one attached hydrogen (secondary N) is 1. The Morgan fingerprint density at radius 1 is 1.36 bits per heavy atom. The van der Waals surface area contributed by atoms with Crippen LogP contribution in [0.25, 0.3) is 0 Å². The fourth-order valence-electron chi connectivity index (χ4n) is 1.24. The molecule has 2 N–H and O–H groups in total. The van der Waals surface area contributed by atoms with E-state index in [0.717, 1.165) is 12.8 Å². The summed E-state index contributed by atoms with van der Waals surface area (Å²) >= 11 is 0. The summed E-state index contributed by atoms with van der Waals surface area (Å²) in [6, 6.07) is -0.764. The minimum atomic E-state index is -0.961. The van der Waals surface area contributed by atoms with Crippen LogP contribution in [0, 0.1) is 11.3 Å². The van der Waals surface area contributed by atoms with Crippen LogP contribution in [0.4, 0.5) is 0 Å². The average molecular weight is 199 g/mol. The summed E-state index contributed by atoms with van der Waals surface area (Å²) in [5.74, 6) is -1.17. The second kappa shape index (κ2) is 3.59. The van der Waals surface area contributed by atoms with Gasteiger partial charge in [0.15, 0.2) is 0 Å². The zero-order chi connectivity index (χ0) is 10.9. The Hall–Kier alpha value is -1.06. The van der Waals surface area contributed by atoms with E-state index in [1.54, 1.807) is 13.8 Å². The number of aliphatic carboxylic acids is 1. The highest BCUT2D eigenvalue weighted by molar-refractivity contribution is 5.89. The van der Waals surface area contributed by atoms with Gasteiger partial charge in [0.1, 0.15) is 6.04 Å². The number of rotatable bonds is 4. The Balaban J connectivity index is 2.56. The molecule has 0 aromatic heterocycles. The molecule has 0 spiro atoms. The van der Waals surface area contributed by atoms with Crippen LogP contribution in [-0.2, 0) is 9.59 Å². The van der Waals surface area contributed by atoms with Crippen LogP contribution in [0.5, 0.6) is 0 Å². The molecule has 1 atom stereocenters. The highest BCUT2D eigenvalue weighted by atomic mass is 16.4. The molecule has 1 saturated carbocycles. The molecule has 0 heterocycles. The van der Waals surface area contributed by atoms with Crippen molar-refractivity contribution in [3.8, 4) is 0 Å². The van der Waals surface area contributed by atoms with Gasteiger partial charge in [-0.05, 0) is 18.8 Å². The summed E-state index contributed by atoms with van der Waals surface area (Å²) in [6.07, 6.45) is 1.73. The number of carbonyl (C=O) groups is 2. The van der Waals surface area contributed by atoms with Gasteiger partial charge in [0, 0.05) is 5.41 Å². The van der Waals surface area contributed by atoms with Gasteiger partial charge in [0.2, 0.25) is 5.91 Å². The third-order valence-corrected chi connectivity index (χ3v) is 2.77. The zero-order valence-electron chi connectivity index (χ0n) is 8.83. The number of hydrogen-bond donors (Lipinski definition) is 2. The fourth-order valence-corrected chi connectivity index (χ4v) is 1.24. The van der Waals surface area contributed by atoms with Crippen LogP contribution < -0.4 is 5.32 Å². The molecule has 0 aliphatic heterocycles. The highest BCUT2D eigenvalue weighted by Crippen LogP contribution is 2.45. The van der Waals surface area contributed by atoms with Crippen molar-refractivity contribution >= 4 is 11.9 Å². The van der Waals surface area contributed by atoms with E-state index in [2.05, 4.69) is 5.32 Å². The van der Waals surface area contributed by atoms with Gasteiger partial charge in [-0.3, -0.25) is 4.79 Å². The highest BCUT2D eigenvalue weighted by Gasteiger charge is 2.46. The Kier molecular flexibility index (Phi) is 2.83. The standard InChI is InChI=1S/C10H17NO3/c1-6(2)7(8(12)13)11-9(14)10(3)4-5-10/h6-7H,4-5H2,1-3H3,(H,11,14)(H,12,13). The zero-order valence-corrected chi connectivity index (χ0v) is 8.83. The second-order valence-corrected chi connectivity index (χ2v) is 4.59. The van der Waals surface area contributed by atoms with E-state index in [0.29, 0.717) is 0 Å². The van der Waals surface area contributed by atoms with E-state index >= 15 is 0 Å². The first-order chi connectivity index (χ1) is 6.37. The largest absolute Gasteiger partial charge is 0.480 e. The van der Waals surface area contributed by atoms with Gasteiger partial charge < -0.3 is 10.4 Å². The van der Waals surface area contributed by atoms with Crippen LogP contribution >= 0.6 is 0 Å². The van der Waals surface area contributed by atoms with Crippen molar-refractivity contribution in [1.29, 1.82) is 0 Å². The molecule has 1 unspecified atom stereocenters. The van der Waals surface area contributed by atoms with Gasteiger partial charge >= 0.3 is 5.97 Å². The van der Waals surface area contributed by atoms with E-state index in [-0.39, 0.29) is 17.2 Å². The Morgan fingerprint density at radius 3 is 2.14 bits per heavy atom. The van der Waals surface area contributed by atoms with Crippen LogP contribution in [-0.4, -0.2) is 23.0 Å². The van der Waals surface area contributed by atoms with E-state index in [4.69, 9.17) is 5.11 Å². The van der Waals surface area contributed by atoms with Crippen LogP contribution in [0.1, 0.15) is 33.6 Å². The molecule has 1 amide bonds. The summed E-state index contributed by atoms with van der Waals surface area (Å²) in [5, 5.41) is 11.4. The normalized spacial score (nSPS) is 20.3.